The minimum atomic E-state index is 0.431. The third-order valence-corrected chi connectivity index (χ3v) is 4.27. The molecule has 1 fully saturated rings. The summed E-state index contributed by atoms with van der Waals surface area (Å²) in [6.07, 6.45) is 3.74. The minimum Gasteiger partial charge on any atom is -0.356 e. The number of hydrogen-bond donors (Lipinski definition) is 1. The lowest BCUT2D eigenvalue weighted by Gasteiger charge is -2.24. The Bertz CT molecular complexity index is 295. The lowest BCUT2D eigenvalue weighted by atomic mass is 9.93. The van der Waals surface area contributed by atoms with Gasteiger partial charge in [0.1, 0.15) is 0 Å². The SMILES string of the molecule is CCN(CC)CCCCNC(=NC)N1CCC(C)(C)C1. The zero-order chi connectivity index (χ0) is 15.0. The molecule has 0 saturated carbocycles. The molecule has 0 unspecified atom stereocenters. The molecule has 0 spiro atoms. The standard InChI is InChI=1S/C16H34N4/c1-6-19(7-2)12-9-8-11-18-15(17-5)20-13-10-16(3,4)14-20/h6-14H2,1-5H3,(H,17,18). The number of rotatable bonds is 7. The highest BCUT2D eigenvalue weighted by Gasteiger charge is 2.30. The number of likely N-dealkylation sites (tertiary alicyclic amines) is 1. The first-order valence-electron chi connectivity index (χ1n) is 8.20. The number of nitrogens with zero attached hydrogens (tertiary/aromatic N) is 3. The van der Waals surface area contributed by atoms with Crippen LogP contribution in [-0.2, 0) is 0 Å². The van der Waals surface area contributed by atoms with E-state index in [1.54, 1.807) is 0 Å². The molecule has 1 N–H and O–H groups in total. The predicted octanol–water partition coefficient (Wildman–Crippen LogP) is 2.42. The average Bonchev–Trinajstić information content (AvgIpc) is 2.78. The molecule has 1 heterocycles. The Morgan fingerprint density at radius 1 is 1.25 bits per heavy atom. The highest BCUT2D eigenvalue weighted by Crippen LogP contribution is 2.28. The van der Waals surface area contributed by atoms with Crippen molar-refractivity contribution < 1.29 is 0 Å². The molecule has 0 aromatic rings. The Balaban J connectivity index is 2.20. The van der Waals surface area contributed by atoms with Gasteiger partial charge in [-0.3, -0.25) is 4.99 Å². The van der Waals surface area contributed by atoms with Crippen molar-refractivity contribution in [2.75, 3.05) is 46.3 Å². The summed E-state index contributed by atoms with van der Waals surface area (Å²) < 4.78 is 0. The summed E-state index contributed by atoms with van der Waals surface area (Å²) in [7, 11) is 1.89. The third kappa shape index (κ3) is 5.70. The van der Waals surface area contributed by atoms with E-state index in [1.807, 2.05) is 7.05 Å². The first kappa shape index (κ1) is 17.3. The molecule has 0 amide bonds. The van der Waals surface area contributed by atoms with Crippen molar-refractivity contribution in [2.45, 2.75) is 47.0 Å². The fraction of sp³-hybridized carbons (Fsp3) is 0.938. The van der Waals surface area contributed by atoms with Crippen molar-refractivity contribution in [3.8, 4) is 0 Å². The van der Waals surface area contributed by atoms with Crippen LogP contribution in [0.2, 0.25) is 0 Å². The van der Waals surface area contributed by atoms with Crippen LogP contribution in [0.4, 0.5) is 0 Å². The Hall–Kier alpha value is -0.770. The lowest BCUT2D eigenvalue weighted by molar-refractivity contribution is 0.297. The molecule has 1 aliphatic heterocycles. The van der Waals surface area contributed by atoms with Crippen molar-refractivity contribution in [1.82, 2.24) is 15.1 Å². The van der Waals surface area contributed by atoms with Gasteiger partial charge < -0.3 is 15.1 Å². The second-order valence-electron chi connectivity index (χ2n) is 6.54. The maximum Gasteiger partial charge on any atom is 0.193 e. The molecule has 0 bridgehead atoms. The Kier molecular flexibility index (Phi) is 7.35. The molecule has 0 aromatic carbocycles. The van der Waals surface area contributed by atoms with E-state index in [-0.39, 0.29) is 0 Å². The highest BCUT2D eigenvalue weighted by molar-refractivity contribution is 5.80. The molecule has 20 heavy (non-hydrogen) atoms. The molecule has 1 aliphatic rings. The number of nitrogens with one attached hydrogen (secondary N) is 1. The van der Waals surface area contributed by atoms with Crippen LogP contribution in [0.25, 0.3) is 0 Å². The molecule has 1 rings (SSSR count). The van der Waals surface area contributed by atoms with Crippen LogP contribution in [0, 0.1) is 5.41 Å². The molecule has 4 nitrogen and oxygen atoms in total. The first-order chi connectivity index (χ1) is 9.52. The summed E-state index contributed by atoms with van der Waals surface area (Å²) >= 11 is 0. The molecule has 0 aromatic heterocycles. The summed E-state index contributed by atoms with van der Waals surface area (Å²) in [4.78, 5) is 9.30. The summed E-state index contributed by atoms with van der Waals surface area (Å²) in [5, 5.41) is 3.52. The molecule has 1 saturated heterocycles. The highest BCUT2D eigenvalue weighted by atomic mass is 15.3. The van der Waals surface area contributed by atoms with Crippen LogP contribution >= 0.6 is 0 Å². The lowest BCUT2D eigenvalue weighted by Crippen LogP contribution is -2.41. The van der Waals surface area contributed by atoms with Gasteiger partial charge in [0.25, 0.3) is 0 Å². The Labute approximate surface area is 125 Å². The van der Waals surface area contributed by atoms with Crippen LogP contribution in [-0.4, -0.2) is 62.1 Å². The number of aliphatic imine (C=N–C) groups is 1. The minimum absolute atomic E-state index is 0.431. The van der Waals surface area contributed by atoms with Crippen LogP contribution in [0.15, 0.2) is 4.99 Å². The maximum atomic E-state index is 4.42. The van der Waals surface area contributed by atoms with Crippen LogP contribution in [0.3, 0.4) is 0 Å². The fourth-order valence-corrected chi connectivity index (χ4v) is 2.83. The van der Waals surface area contributed by atoms with Gasteiger partial charge in [-0.25, -0.2) is 0 Å². The summed E-state index contributed by atoms with van der Waals surface area (Å²) in [6.45, 7) is 16.0. The van der Waals surface area contributed by atoms with Gasteiger partial charge in [0.05, 0.1) is 0 Å². The third-order valence-electron chi connectivity index (χ3n) is 4.27. The molecule has 0 radical (unpaired) electrons. The first-order valence-corrected chi connectivity index (χ1v) is 8.20. The smallest absolute Gasteiger partial charge is 0.193 e. The van der Waals surface area contributed by atoms with Gasteiger partial charge >= 0.3 is 0 Å². The van der Waals surface area contributed by atoms with Crippen molar-refractivity contribution in [1.29, 1.82) is 0 Å². The summed E-state index contributed by atoms with van der Waals surface area (Å²) in [5.74, 6) is 1.08. The van der Waals surface area contributed by atoms with E-state index in [2.05, 4.69) is 47.8 Å². The Morgan fingerprint density at radius 3 is 2.45 bits per heavy atom. The molecule has 4 heteroatoms. The van der Waals surface area contributed by atoms with Crippen molar-refractivity contribution in [3.05, 3.63) is 0 Å². The molecule has 118 valence electrons. The van der Waals surface area contributed by atoms with Crippen molar-refractivity contribution in [2.24, 2.45) is 10.4 Å². The quantitative estimate of drug-likeness (QED) is 0.442. The number of unbranched alkanes of at least 4 members (excludes halogenated alkanes) is 1. The van der Waals surface area contributed by atoms with Crippen LogP contribution in [0.1, 0.15) is 47.0 Å². The van der Waals surface area contributed by atoms with Gasteiger partial charge in [0.15, 0.2) is 5.96 Å². The van der Waals surface area contributed by atoms with E-state index in [1.165, 1.54) is 25.8 Å². The zero-order valence-corrected chi connectivity index (χ0v) is 14.2. The zero-order valence-electron chi connectivity index (χ0n) is 14.2. The van der Waals surface area contributed by atoms with Gasteiger partial charge in [-0.1, -0.05) is 27.7 Å². The van der Waals surface area contributed by atoms with E-state index in [0.29, 0.717) is 5.41 Å². The normalized spacial score (nSPS) is 18.9. The second-order valence-corrected chi connectivity index (χ2v) is 6.54. The second kappa shape index (κ2) is 8.50. The van der Waals surface area contributed by atoms with E-state index >= 15 is 0 Å². The fourth-order valence-electron chi connectivity index (χ4n) is 2.83. The topological polar surface area (TPSA) is 30.9 Å². The summed E-state index contributed by atoms with van der Waals surface area (Å²) in [6, 6.07) is 0. The molecular weight excluding hydrogens is 248 g/mol. The average molecular weight is 282 g/mol. The van der Waals surface area contributed by atoms with E-state index in [4.69, 9.17) is 0 Å². The monoisotopic (exact) mass is 282 g/mol. The van der Waals surface area contributed by atoms with E-state index < -0.39 is 0 Å². The van der Waals surface area contributed by atoms with Crippen molar-refractivity contribution in [3.63, 3.8) is 0 Å². The van der Waals surface area contributed by atoms with Crippen LogP contribution < -0.4 is 5.32 Å². The van der Waals surface area contributed by atoms with Gasteiger partial charge in [0.2, 0.25) is 0 Å². The Morgan fingerprint density at radius 2 is 1.95 bits per heavy atom. The van der Waals surface area contributed by atoms with Gasteiger partial charge in [-0.05, 0) is 44.3 Å². The van der Waals surface area contributed by atoms with Gasteiger partial charge in [-0.2, -0.15) is 0 Å². The number of hydrogen-bond acceptors (Lipinski definition) is 2. The van der Waals surface area contributed by atoms with Crippen molar-refractivity contribution >= 4 is 5.96 Å². The predicted molar refractivity (Wildman–Crippen MR) is 88.4 cm³/mol. The van der Waals surface area contributed by atoms with Gasteiger partial charge in [-0.15, -0.1) is 0 Å². The largest absolute Gasteiger partial charge is 0.356 e. The maximum absolute atomic E-state index is 4.42. The number of guanidine groups is 1. The van der Waals surface area contributed by atoms with E-state index in [0.717, 1.165) is 38.7 Å². The molecular formula is C16H34N4. The van der Waals surface area contributed by atoms with E-state index in [9.17, 15) is 0 Å². The molecule has 0 atom stereocenters. The van der Waals surface area contributed by atoms with Crippen LogP contribution in [0.5, 0.6) is 0 Å². The molecule has 0 aliphatic carbocycles. The summed E-state index contributed by atoms with van der Waals surface area (Å²) in [5.41, 5.74) is 0.431. The van der Waals surface area contributed by atoms with Gasteiger partial charge in [0, 0.05) is 26.7 Å².